The number of esters is 1. The van der Waals surface area contributed by atoms with E-state index in [0.717, 1.165) is 0 Å². The average Bonchev–Trinajstić information content (AvgIpc) is 3.43. The Labute approximate surface area is 248 Å². The summed E-state index contributed by atoms with van der Waals surface area (Å²) < 4.78 is 17.3. The minimum Gasteiger partial charge on any atom is -0.508 e. The third-order valence-corrected chi connectivity index (χ3v) is 7.23. The van der Waals surface area contributed by atoms with Crippen molar-refractivity contribution in [1.29, 1.82) is 0 Å². The van der Waals surface area contributed by atoms with Gasteiger partial charge in [-0.2, -0.15) is 0 Å². The van der Waals surface area contributed by atoms with E-state index in [2.05, 4.69) is 10.6 Å². The maximum Gasteiger partial charge on any atom is 0.358 e. The van der Waals surface area contributed by atoms with E-state index in [-0.39, 0.29) is 54.1 Å². The molecular formula is C29H23N3O10S. The highest BCUT2D eigenvalue weighted by atomic mass is 32.1. The first kappa shape index (κ1) is 27.9. The first-order chi connectivity index (χ1) is 20.7. The van der Waals surface area contributed by atoms with Gasteiger partial charge in [-0.15, -0.1) is 5.06 Å². The van der Waals surface area contributed by atoms with Crippen LogP contribution >= 0.6 is 12.2 Å². The predicted molar refractivity (Wildman–Crippen MR) is 150 cm³/mol. The second-order valence-electron chi connectivity index (χ2n) is 9.77. The summed E-state index contributed by atoms with van der Waals surface area (Å²) in [7, 11) is 0. The van der Waals surface area contributed by atoms with Crippen molar-refractivity contribution in [3.8, 4) is 23.0 Å². The molecule has 43 heavy (non-hydrogen) atoms. The maximum atomic E-state index is 13.1. The summed E-state index contributed by atoms with van der Waals surface area (Å²) in [5, 5.41) is 26.8. The van der Waals surface area contributed by atoms with Crippen LogP contribution in [0.4, 0.5) is 5.69 Å². The Kier molecular flexibility index (Phi) is 7.07. The Hall–Kier alpha value is -5.21. The van der Waals surface area contributed by atoms with Gasteiger partial charge in [0.1, 0.15) is 29.6 Å². The van der Waals surface area contributed by atoms with E-state index >= 15 is 0 Å². The molecule has 13 nitrogen and oxygen atoms in total. The lowest BCUT2D eigenvalue weighted by Gasteiger charge is -2.36. The molecule has 0 radical (unpaired) electrons. The zero-order valence-electron chi connectivity index (χ0n) is 22.2. The van der Waals surface area contributed by atoms with E-state index in [1.165, 1.54) is 24.3 Å². The number of nitrogens with zero attached hydrogens (tertiary/aromatic N) is 1. The van der Waals surface area contributed by atoms with Gasteiger partial charge >= 0.3 is 11.9 Å². The minimum absolute atomic E-state index is 0.0000193. The first-order valence-electron chi connectivity index (χ1n) is 13.1. The molecule has 4 N–H and O–H groups in total. The molecule has 6 rings (SSSR count). The normalized spacial score (nSPS) is 15.7. The number of aromatic hydroxyl groups is 2. The largest absolute Gasteiger partial charge is 0.508 e. The Balaban J connectivity index is 1.14. The number of thiocarbonyl (C=S) groups is 1. The van der Waals surface area contributed by atoms with Crippen molar-refractivity contribution in [2.75, 3.05) is 25.1 Å². The van der Waals surface area contributed by atoms with Crippen LogP contribution in [-0.2, 0) is 34.3 Å². The van der Waals surface area contributed by atoms with E-state index in [4.69, 9.17) is 31.3 Å². The lowest BCUT2D eigenvalue weighted by molar-refractivity contribution is -0.200. The van der Waals surface area contributed by atoms with E-state index < -0.39 is 36.0 Å². The van der Waals surface area contributed by atoms with Gasteiger partial charge in [0.2, 0.25) is 0 Å². The maximum absolute atomic E-state index is 13.1. The molecule has 3 aliphatic rings. The fourth-order valence-electron chi connectivity index (χ4n) is 5.13. The molecular weight excluding hydrogens is 582 g/mol. The molecule has 14 heteroatoms. The Bertz CT molecular complexity index is 1640. The summed E-state index contributed by atoms with van der Waals surface area (Å²) in [6.07, 6.45) is -0.0000387. The number of imide groups is 1. The molecule has 1 spiro atoms. The molecule has 3 heterocycles. The SMILES string of the molecule is O=C(COCCNC(=S)Nc1ccc2c(c1)C1(OC2=O)c2ccc(O)cc2Oc2cc(O)ccc21)ON1C(=O)CCC1=O. The summed E-state index contributed by atoms with van der Waals surface area (Å²) in [5.41, 5.74) is 0.915. The Morgan fingerprint density at radius 1 is 0.930 bits per heavy atom. The molecule has 2 amide bonds. The van der Waals surface area contributed by atoms with Gasteiger partial charge in [-0.25, -0.2) is 9.59 Å². The number of ether oxygens (including phenoxy) is 3. The van der Waals surface area contributed by atoms with Crippen LogP contribution in [0.5, 0.6) is 23.0 Å². The van der Waals surface area contributed by atoms with Crippen molar-refractivity contribution in [2.45, 2.75) is 18.4 Å². The van der Waals surface area contributed by atoms with Crippen LogP contribution < -0.4 is 15.4 Å². The van der Waals surface area contributed by atoms with Crippen molar-refractivity contribution in [1.82, 2.24) is 10.4 Å². The molecule has 0 bridgehead atoms. The molecule has 0 aromatic heterocycles. The second-order valence-corrected chi connectivity index (χ2v) is 10.2. The van der Waals surface area contributed by atoms with E-state index in [0.29, 0.717) is 33.0 Å². The molecule has 0 aliphatic carbocycles. The van der Waals surface area contributed by atoms with Crippen molar-refractivity contribution in [2.24, 2.45) is 0 Å². The monoisotopic (exact) mass is 605 g/mol. The lowest BCUT2D eigenvalue weighted by atomic mass is 9.77. The number of rotatable bonds is 7. The molecule has 1 saturated heterocycles. The molecule has 3 aliphatic heterocycles. The zero-order valence-corrected chi connectivity index (χ0v) is 23.1. The number of phenolic OH excluding ortho intramolecular Hbond substituents is 2. The third kappa shape index (κ3) is 5.06. The lowest BCUT2D eigenvalue weighted by Crippen LogP contribution is -2.35. The average molecular weight is 606 g/mol. The van der Waals surface area contributed by atoms with Gasteiger partial charge in [0.05, 0.1) is 12.2 Å². The van der Waals surface area contributed by atoms with Crippen LogP contribution in [0.15, 0.2) is 54.6 Å². The Morgan fingerprint density at radius 3 is 2.23 bits per heavy atom. The van der Waals surface area contributed by atoms with Gasteiger partial charge in [-0.3, -0.25) is 9.59 Å². The molecule has 3 aromatic rings. The van der Waals surface area contributed by atoms with Crippen LogP contribution in [0.1, 0.15) is 39.9 Å². The summed E-state index contributed by atoms with van der Waals surface area (Å²) in [4.78, 5) is 52.7. The molecule has 220 valence electrons. The fraction of sp³-hybridized carbons (Fsp3) is 0.207. The van der Waals surface area contributed by atoms with Gasteiger partial charge in [0.25, 0.3) is 11.8 Å². The minimum atomic E-state index is -1.42. The van der Waals surface area contributed by atoms with Gasteiger partial charge in [0, 0.05) is 53.9 Å². The topological polar surface area (TPSA) is 173 Å². The molecule has 1 fully saturated rings. The third-order valence-electron chi connectivity index (χ3n) is 6.98. The number of hydrogen-bond acceptors (Lipinski definition) is 11. The van der Waals surface area contributed by atoms with E-state index in [1.807, 2.05) is 0 Å². The highest BCUT2D eigenvalue weighted by molar-refractivity contribution is 7.80. The van der Waals surface area contributed by atoms with Crippen LogP contribution in [-0.4, -0.2) is 63.9 Å². The number of nitrogens with one attached hydrogen (secondary N) is 2. The quantitative estimate of drug-likeness (QED) is 0.134. The summed E-state index contributed by atoms with van der Waals surface area (Å²) in [6, 6.07) is 14.0. The fourth-order valence-corrected chi connectivity index (χ4v) is 5.35. The van der Waals surface area contributed by atoms with Gasteiger partial charge in [-0.05, 0) is 54.7 Å². The number of carbonyl (C=O) groups excluding carboxylic acids is 4. The molecule has 0 unspecified atom stereocenters. The number of anilines is 1. The van der Waals surface area contributed by atoms with E-state index in [1.54, 1.807) is 30.3 Å². The number of carbonyl (C=O) groups is 4. The van der Waals surface area contributed by atoms with Crippen LogP contribution in [0.3, 0.4) is 0 Å². The number of hydrogen-bond donors (Lipinski definition) is 4. The molecule has 0 saturated carbocycles. The molecule has 3 aromatic carbocycles. The first-order valence-corrected chi connectivity index (χ1v) is 13.5. The van der Waals surface area contributed by atoms with Gasteiger partial charge in [-0.1, -0.05) is 0 Å². The highest BCUT2D eigenvalue weighted by Gasteiger charge is 2.53. The number of phenols is 2. The number of hydroxylamine groups is 2. The van der Waals surface area contributed by atoms with Gasteiger partial charge < -0.3 is 39.9 Å². The molecule has 0 atom stereocenters. The number of benzene rings is 3. The zero-order chi connectivity index (χ0) is 30.3. The van der Waals surface area contributed by atoms with Crippen LogP contribution in [0.2, 0.25) is 0 Å². The standard InChI is InChI=1S/C29H23N3O10S/c33-16-2-5-19-22(12-16)40-23-13-17(34)3-6-20(23)29(19)21-11-15(1-4-18(21)27(38)41-29)31-28(43)30-9-10-39-14-26(37)42-32-24(35)7-8-25(32)36/h1-6,11-13,33-34H,7-10,14H2,(H2,30,31,43). The van der Waals surface area contributed by atoms with Crippen molar-refractivity contribution in [3.05, 3.63) is 76.9 Å². The summed E-state index contributed by atoms with van der Waals surface area (Å²) >= 11 is 5.39. The van der Waals surface area contributed by atoms with Crippen LogP contribution in [0.25, 0.3) is 0 Å². The number of fused-ring (bicyclic) bond motifs is 6. The van der Waals surface area contributed by atoms with Gasteiger partial charge in [0.15, 0.2) is 10.7 Å². The van der Waals surface area contributed by atoms with Crippen LogP contribution in [0, 0.1) is 0 Å². The van der Waals surface area contributed by atoms with E-state index in [9.17, 15) is 29.4 Å². The number of amides is 2. The summed E-state index contributed by atoms with van der Waals surface area (Å²) in [5.74, 6) is -2.17. The predicted octanol–water partition coefficient (Wildman–Crippen LogP) is 2.58. The summed E-state index contributed by atoms with van der Waals surface area (Å²) in [6.45, 7) is -0.202. The van der Waals surface area contributed by atoms with Crippen molar-refractivity contribution >= 4 is 46.8 Å². The highest BCUT2D eigenvalue weighted by Crippen LogP contribution is 2.57. The Morgan fingerprint density at radius 2 is 1.58 bits per heavy atom. The second kappa shape index (κ2) is 10.9. The van der Waals surface area contributed by atoms with Crippen molar-refractivity contribution < 1.29 is 48.4 Å². The van der Waals surface area contributed by atoms with Crippen molar-refractivity contribution in [3.63, 3.8) is 0 Å². The smallest absolute Gasteiger partial charge is 0.358 e.